The molecular weight excluding hydrogens is 463 g/mol. The normalized spacial score (nSPS) is 12.2. The maximum atomic E-state index is 15.4. The van der Waals surface area contributed by atoms with Crippen molar-refractivity contribution >= 4 is 33.9 Å². The van der Waals surface area contributed by atoms with E-state index in [1.54, 1.807) is 36.0 Å². The van der Waals surface area contributed by atoms with Gasteiger partial charge >= 0.3 is 0 Å². The van der Waals surface area contributed by atoms with Gasteiger partial charge in [-0.2, -0.15) is 5.10 Å². The summed E-state index contributed by atoms with van der Waals surface area (Å²) in [5.41, 5.74) is 15.7. The van der Waals surface area contributed by atoms with Crippen molar-refractivity contribution in [1.82, 2.24) is 19.7 Å². The fraction of sp³-hybridized carbons (Fsp3) is 0.148. The van der Waals surface area contributed by atoms with Crippen molar-refractivity contribution < 1.29 is 4.39 Å². The molecule has 2 heterocycles. The highest BCUT2D eigenvalue weighted by Crippen LogP contribution is 2.36. The monoisotopic (exact) mass is 486 g/mol. The van der Waals surface area contributed by atoms with Crippen molar-refractivity contribution in [1.29, 1.82) is 0 Å². The van der Waals surface area contributed by atoms with Crippen LogP contribution in [0.1, 0.15) is 35.5 Å². The van der Waals surface area contributed by atoms with Gasteiger partial charge in [0.15, 0.2) is 5.82 Å². The molecule has 0 saturated heterocycles. The van der Waals surface area contributed by atoms with E-state index in [9.17, 15) is 0 Å². The van der Waals surface area contributed by atoms with Crippen LogP contribution in [0, 0.1) is 5.82 Å². The number of halogens is 2. The third-order valence-electron chi connectivity index (χ3n) is 6.12. The Morgan fingerprint density at radius 2 is 1.83 bits per heavy atom. The molecule has 35 heavy (non-hydrogen) atoms. The van der Waals surface area contributed by atoms with Crippen LogP contribution in [0.4, 0.5) is 15.9 Å². The molecule has 8 heteroatoms. The number of fused-ring (bicyclic) bond motifs is 1. The van der Waals surface area contributed by atoms with E-state index in [2.05, 4.69) is 10.1 Å². The molecule has 176 valence electrons. The minimum absolute atomic E-state index is 0.340. The summed E-state index contributed by atoms with van der Waals surface area (Å²) in [4.78, 5) is 9.51. The lowest BCUT2D eigenvalue weighted by Crippen LogP contribution is -2.14. The van der Waals surface area contributed by atoms with E-state index < -0.39 is 5.92 Å². The van der Waals surface area contributed by atoms with E-state index in [4.69, 9.17) is 28.1 Å². The van der Waals surface area contributed by atoms with Gasteiger partial charge in [0.05, 0.1) is 11.6 Å². The highest BCUT2D eigenvalue weighted by atomic mass is 35.5. The van der Waals surface area contributed by atoms with Gasteiger partial charge in [-0.05, 0) is 59.8 Å². The number of hydrogen-bond acceptors (Lipinski definition) is 5. The molecule has 0 spiro atoms. The van der Waals surface area contributed by atoms with Gasteiger partial charge in [0.1, 0.15) is 17.5 Å². The Bertz CT molecular complexity index is 1560. The summed E-state index contributed by atoms with van der Waals surface area (Å²) in [5.74, 6) is 0.349. The number of pyridine rings is 1. The number of nitrogens with zero attached hydrogens (tertiary/aromatic N) is 4. The van der Waals surface area contributed by atoms with Crippen LogP contribution in [0.5, 0.6) is 0 Å². The molecule has 2 aromatic heterocycles. The van der Waals surface area contributed by atoms with Crippen LogP contribution in [-0.2, 0) is 13.5 Å². The predicted octanol–water partition coefficient (Wildman–Crippen LogP) is 5.73. The first kappa shape index (κ1) is 22.8. The number of nitrogen functional groups attached to an aromatic ring is 2. The summed E-state index contributed by atoms with van der Waals surface area (Å²) in [7, 11) is 1.79. The molecule has 0 bridgehead atoms. The smallest absolute Gasteiger partial charge is 0.181 e. The molecule has 0 saturated carbocycles. The molecule has 0 fully saturated rings. The first-order valence-electron chi connectivity index (χ1n) is 11.2. The summed E-state index contributed by atoms with van der Waals surface area (Å²) < 4.78 is 17.0. The van der Waals surface area contributed by atoms with Crippen LogP contribution < -0.4 is 11.5 Å². The Balaban J connectivity index is 1.76. The van der Waals surface area contributed by atoms with Gasteiger partial charge in [0.2, 0.25) is 0 Å². The number of rotatable bonds is 5. The van der Waals surface area contributed by atoms with Gasteiger partial charge in [0, 0.05) is 34.3 Å². The molecule has 5 rings (SSSR count). The maximum Gasteiger partial charge on any atom is 0.181 e. The molecule has 6 nitrogen and oxygen atoms in total. The Labute approximate surface area is 207 Å². The minimum Gasteiger partial charge on any atom is -0.399 e. The van der Waals surface area contributed by atoms with E-state index >= 15 is 4.39 Å². The average Bonchev–Trinajstić information content (AvgIpc) is 3.21. The summed E-state index contributed by atoms with van der Waals surface area (Å²) in [6.07, 6.45) is 0.760. The number of hydrogen-bond donors (Lipinski definition) is 2. The molecule has 0 radical (unpaired) electrons. The lowest BCUT2D eigenvalue weighted by atomic mass is 9.91. The molecular formula is C27H24ClFN6. The largest absolute Gasteiger partial charge is 0.399 e. The van der Waals surface area contributed by atoms with Crippen LogP contribution >= 0.6 is 11.6 Å². The SMILES string of the molecule is CCc1ccc(F)c(C(c2cc3cc(N)ccc3c(N)n2)c2nc(-c3cccc(Cl)c3)nn2C)c1. The van der Waals surface area contributed by atoms with Gasteiger partial charge in [-0.3, -0.25) is 4.68 Å². The zero-order valence-electron chi connectivity index (χ0n) is 19.3. The lowest BCUT2D eigenvalue weighted by molar-refractivity contribution is 0.591. The number of nitrogens with two attached hydrogens (primary N) is 2. The Hall–Kier alpha value is -3.97. The van der Waals surface area contributed by atoms with Gasteiger partial charge < -0.3 is 11.5 Å². The second kappa shape index (κ2) is 9.00. The highest BCUT2D eigenvalue weighted by Gasteiger charge is 2.28. The zero-order valence-corrected chi connectivity index (χ0v) is 20.1. The molecule has 1 unspecified atom stereocenters. The number of anilines is 2. The van der Waals surface area contributed by atoms with Crippen molar-refractivity contribution in [3.63, 3.8) is 0 Å². The van der Waals surface area contributed by atoms with Crippen LogP contribution in [0.3, 0.4) is 0 Å². The van der Waals surface area contributed by atoms with Crippen molar-refractivity contribution in [3.8, 4) is 11.4 Å². The average molecular weight is 487 g/mol. The zero-order chi connectivity index (χ0) is 24.7. The Kier molecular flexibility index (Phi) is 5.86. The van der Waals surface area contributed by atoms with E-state index in [0.717, 1.165) is 28.3 Å². The standard InChI is InChI=1S/C27H24ClFN6/c1-3-15-7-10-22(29)21(11-15)24(23-14-17-13-19(30)8-9-20(17)25(31)32-23)27-33-26(34-35(27)2)16-5-4-6-18(28)12-16/h4-14,24H,3,30H2,1-2H3,(H2,31,32). The molecule has 0 aliphatic heterocycles. The van der Waals surface area contributed by atoms with Crippen LogP contribution in [0.15, 0.2) is 66.7 Å². The number of aryl methyl sites for hydroxylation is 2. The maximum absolute atomic E-state index is 15.4. The van der Waals surface area contributed by atoms with E-state index in [0.29, 0.717) is 39.4 Å². The van der Waals surface area contributed by atoms with E-state index in [1.807, 2.05) is 43.3 Å². The van der Waals surface area contributed by atoms with Crippen LogP contribution in [-0.4, -0.2) is 19.7 Å². The summed E-state index contributed by atoms with van der Waals surface area (Å²) in [5, 5.41) is 6.79. The topological polar surface area (TPSA) is 95.6 Å². The third kappa shape index (κ3) is 4.31. The number of benzene rings is 3. The van der Waals surface area contributed by atoms with Crippen molar-refractivity contribution in [2.45, 2.75) is 19.3 Å². The highest BCUT2D eigenvalue weighted by molar-refractivity contribution is 6.30. The molecule has 1 atom stereocenters. The summed E-state index contributed by atoms with van der Waals surface area (Å²) >= 11 is 6.19. The Morgan fingerprint density at radius 3 is 2.60 bits per heavy atom. The van der Waals surface area contributed by atoms with Gasteiger partial charge in [-0.15, -0.1) is 0 Å². The van der Waals surface area contributed by atoms with Crippen molar-refractivity contribution in [3.05, 3.63) is 100 Å². The molecule has 0 amide bonds. The van der Waals surface area contributed by atoms with Gasteiger partial charge in [-0.1, -0.05) is 42.8 Å². The first-order valence-corrected chi connectivity index (χ1v) is 11.6. The summed E-state index contributed by atoms with van der Waals surface area (Å²) in [6.45, 7) is 2.03. The summed E-state index contributed by atoms with van der Waals surface area (Å²) in [6, 6.07) is 19.8. The third-order valence-corrected chi connectivity index (χ3v) is 6.35. The van der Waals surface area contributed by atoms with Gasteiger partial charge in [0.25, 0.3) is 0 Å². The van der Waals surface area contributed by atoms with Crippen LogP contribution in [0.2, 0.25) is 5.02 Å². The molecule has 0 aliphatic rings. The van der Waals surface area contributed by atoms with Crippen molar-refractivity contribution in [2.75, 3.05) is 11.5 Å². The second-order valence-corrected chi connectivity index (χ2v) is 8.92. The fourth-order valence-corrected chi connectivity index (χ4v) is 4.53. The molecule has 4 N–H and O–H groups in total. The molecule has 5 aromatic rings. The molecule has 3 aromatic carbocycles. The van der Waals surface area contributed by atoms with Gasteiger partial charge in [-0.25, -0.2) is 14.4 Å². The first-order chi connectivity index (χ1) is 16.8. The number of aromatic nitrogens is 4. The predicted molar refractivity (Wildman–Crippen MR) is 139 cm³/mol. The van der Waals surface area contributed by atoms with Crippen molar-refractivity contribution in [2.24, 2.45) is 7.05 Å². The second-order valence-electron chi connectivity index (χ2n) is 8.48. The van der Waals surface area contributed by atoms with Crippen LogP contribution in [0.25, 0.3) is 22.2 Å². The molecule has 0 aliphatic carbocycles. The minimum atomic E-state index is -0.653. The quantitative estimate of drug-likeness (QED) is 0.309. The fourth-order valence-electron chi connectivity index (χ4n) is 4.34. The Morgan fingerprint density at radius 1 is 1.00 bits per heavy atom. The van der Waals surface area contributed by atoms with E-state index in [-0.39, 0.29) is 5.82 Å². The lowest BCUT2D eigenvalue weighted by Gasteiger charge is -2.19. The van der Waals surface area contributed by atoms with E-state index in [1.165, 1.54) is 6.07 Å².